The van der Waals surface area contributed by atoms with Crippen molar-refractivity contribution in [2.24, 2.45) is 0 Å². The van der Waals surface area contributed by atoms with Crippen molar-refractivity contribution in [3.63, 3.8) is 0 Å². The molecule has 0 unspecified atom stereocenters. The lowest BCUT2D eigenvalue weighted by Gasteiger charge is -2.10. The number of rotatable bonds is 6. The number of nitrogens with one attached hydrogen (secondary N) is 1. The van der Waals surface area contributed by atoms with E-state index >= 15 is 0 Å². The molecule has 0 spiro atoms. The molecule has 2 aromatic heterocycles. The van der Waals surface area contributed by atoms with Gasteiger partial charge in [-0.1, -0.05) is 0 Å². The van der Waals surface area contributed by atoms with Gasteiger partial charge < -0.3 is 14.6 Å². The lowest BCUT2D eigenvalue weighted by molar-refractivity contribution is 0.415. The maximum absolute atomic E-state index is 5.27. The number of aromatic nitrogens is 3. The van der Waals surface area contributed by atoms with Crippen LogP contribution in [0.4, 0.5) is 5.82 Å². The van der Waals surface area contributed by atoms with Crippen molar-refractivity contribution in [1.29, 1.82) is 0 Å². The minimum absolute atomic E-state index is 0.860. The van der Waals surface area contributed by atoms with E-state index < -0.39 is 0 Å². The lowest BCUT2D eigenvalue weighted by atomic mass is 10.1. The van der Waals surface area contributed by atoms with Crippen LogP contribution in [-0.4, -0.2) is 28.2 Å². The van der Waals surface area contributed by atoms with Crippen LogP contribution < -0.4 is 10.1 Å². The Hall–Kier alpha value is -2.56. The summed E-state index contributed by atoms with van der Waals surface area (Å²) in [6, 6.07) is 8.05. The maximum atomic E-state index is 5.27. The van der Waals surface area contributed by atoms with Gasteiger partial charge in [-0.15, -0.1) is 0 Å². The number of pyridine rings is 1. The van der Waals surface area contributed by atoms with E-state index in [0.29, 0.717) is 0 Å². The first-order valence-electron chi connectivity index (χ1n) is 7.41. The summed E-state index contributed by atoms with van der Waals surface area (Å²) in [5.74, 6) is 1.78. The number of hydrogen-bond acceptors (Lipinski definition) is 4. The van der Waals surface area contributed by atoms with Gasteiger partial charge in [-0.25, -0.2) is 9.97 Å². The Labute approximate surface area is 130 Å². The number of imidazole rings is 1. The molecule has 0 aliphatic rings. The van der Waals surface area contributed by atoms with Crippen molar-refractivity contribution in [2.45, 2.75) is 19.9 Å². The molecule has 0 aliphatic heterocycles. The van der Waals surface area contributed by atoms with Crippen molar-refractivity contribution in [3.8, 4) is 5.75 Å². The number of benzene rings is 1. The van der Waals surface area contributed by atoms with Gasteiger partial charge >= 0.3 is 0 Å². The Bertz CT molecular complexity index is 753. The van der Waals surface area contributed by atoms with E-state index in [1.807, 2.05) is 30.7 Å². The molecule has 0 saturated heterocycles. The first kappa shape index (κ1) is 14.4. The van der Waals surface area contributed by atoms with Gasteiger partial charge in [0.2, 0.25) is 0 Å². The lowest BCUT2D eigenvalue weighted by Crippen LogP contribution is -2.07. The number of nitrogens with zero attached hydrogens (tertiary/aromatic N) is 3. The van der Waals surface area contributed by atoms with Crippen molar-refractivity contribution < 1.29 is 4.74 Å². The predicted molar refractivity (Wildman–Crippen MR) is 88.4 cm³/mol. The molecule has 0 radical (unpaired) electrons. The topological polar surface area (TPSA) is 52.0 Å². The molecule has 0 bridgehead atoms. The van der Waals surface area contributed by atoms with E-state index in [1.165, 1.54) is 5.56 Å². The molecule has 5 heteroatoms. The maximum Gasteiger partial charge on any atom is 0.126 e. The molecule has 3 aromatic rings. The highest BCUT2D eigenvalue weighted by Crippen LogP contribution is 2.24. The van der Waals surface area contributed by atoms with E-state index in [2.05, 4.69) is 32.8 Å². The first-order chi connectivity index (χ1) is 10.8. The fraction of sp³-hybridized carbons (Fsp3) is 0.294. The van der Waals surface area contributed by atoms with Gasteiger partial charge in [0.05, 0.1) is 19.0 Å². The zero-order valence-corrected chi connectivity index (χ0v) is 12.9. The summed E-state index contributed by atoms with van der Waals surface area (Å²) in [5, 5.41) is 4.52. The standard InChI is InChI=1S/C17H20N4O/c1-13-10-17(19-6-3-8-21-9-7-18-12-21)20-16-5-4-14(22-2)11-15(13)16/h4-5,7,9-12H,3,6,8H2,1-2H3,(H,19,20). The molecule has 0 aliphatic carbocycles. The fourth-order valence-electron chi connectivity index (χ4n) is 2.49. The number of fused-ring (bicyclic) bond motifs is 1. The van der Waals surface area contributed by atoms with Crippen molar-refractivity contribution in [1.82, 2.24) is 14.5 Å². The van der Waals surface area contributed by atoms with Crippen LogP contribution in [0.3, 0.4) is 0 Å². The van der Waals surface area contributed by atoms with Crippen molar-refractivity contribution in [3.05, 3.63) is 48.5 Å². The van der Waals surface area contributed by atoms with Crippen LogP contribution in [0.5, 0.6) is 5.75 Å². The summed E-state index contributed by atoms with van der Waals surface area (Å²) in [7, 11) is 1.68. The van der Waals surface area contributed by atoms with Gasteiger partial charge in [0.25, 0.3) is 0 Å². The van der Waals surface area contributed by atoms with Crippen molar-refractivity contribution in [2.75, 3.05) is 19.0 Å². The molecule has 22 heavy (non-hydrogen) atoms. The number of ether oxygens (including phenoxy) is 1. The van der Waals surface area contributed by atoms with Crippen LogP contribution in [0.25, 0.3) is 10.9 Å². The van der Waals surface area contributed by atoms with E-state index in [0.717, 1.165) is 42.0 Å². The van der Waals surface area contributed by atoms with Crippen LogP contribution in [-0.2, 0) is 6.54 Å². The Kier molecular flexibility index (Phi) is 4.23. The van der Waals surface area contributed by atoms with Crippen LogP contribution in [0.1, 0.15) is 12.0 Å². The number of anilines is 1. The van der Waals surface area contributed by atoms with Gasteiger partial charge in [0.1, 0.15) is 11.6 Å². The molecule has 0 amide bonds. The minimum Gasteiger partial charge on any atom is -0.497 e. The summed E-state index contributed by atoms with van der Waals surface area (Å²) in [4.78, 5) is 8.70. The van der Waals surface area contributed by atoms with Crippen LogP contribution >= 0.6 is 0 Å². The summed E-state index contributed by atoms with van der Waals surface area (Å²) in [6.45, 7) is 3.93. The van der Waals surface area contributed by atoms with Crippen LogP contribution in [0.15, 0.2) is 43.0 Å². The summed E-state index contributed by atoms with van der Waals surface area (Å²) in [6.07, 6.45) is 6.64. The number of methoxy groups -OCH3 is 1. The largest absolute Gasteiger partial charge is 0.497 e. The van der Waals surface area contributed by atoms with Gasteiger partial charge in [0, 0.05) is 30.9 Å². The second-order valence-electron chi connectivity index (χ2n) is 5.29. The third-order valence-electron chi connectivity index (χ3n) is 3.68. The van der Waals surface area contributed by atoms with Gasteiger partial charge in [-0.05, 0) is 43.2 Å². The second kappa shape index (κ2) is 6.47. The molecule has 5 nitrogen and oxygen atoms in total. The molecule has 1 aromatic carbocycles. The highest BCUT2D eigenvalue weighted by molar-refractivity contribution is 5.85. The van der Waals surface area contributed by atoms with E-state index in [1.54, 1.807) is 13.3 Å². The highest BCUT2D eigenvalue weighted by atomic mass is 16.5. The molecule has 2 heterocycles. The normalized spacial score (nSPS) is 10.8. The number of hydrogen-bond donors (Lipinski definition) is 1. The quantitative estimate of drug-likeness (QED) is 0.709. The van der Waals surface area contributed by atoms with Gasteiger partial charge in [-0.2, -0.15) is 0 Å². The predicted octanol–water partition coefficient (Wildman–Crippen LogP) is 3.25. The molecular weight excluding hydrogens is 276 g/mol. The third-order valence-corrected chi connectivity index (χ3v) is 3.68. The van der Waals surface area contributed by atoms with E-state index in [4.69, 9.17) is 4.74 Å². The second-order valence-corrected chi connectivity index (χ2v) is 5.29. The molecule has 0 fully saturated rings. The zero-order chi connectivity index (χ0) is 15.4. The van der Waals surface area contributed by atoms with E-state index in [-0.39, 0.29) is 0 Å². The van der Waals surface area contributed by atoms with Gasteiger partial charge in [0.15, 0.2) is 0 Å². The van der Waals surface area contributed by atoms with Gasteiger partial charge in [-0.3, -0.25) is 0 Å². The molecular formula is C17H20N4O. The van der Waals surface area contributed by atoms with Crippen molar-refractivity contribution >= 4 is 16.7 Å². The Morgan fingerprint density at radius 2 is 2.18 bits per heavy atom. The average Bonchev–Trinajstić information content (AvgIpc) is 3.05. The first-order valence-corrected chi connectivity index (χ1v) is 7.41. The zero-order valence-electron chi connectivity index (χ0n) is 12.9. The SMILES string of the molecule is COc1ccc2nc(NCCCn3ccnc3)cc(C)c2c1. The van der Waals surface area contributed by atoms with E-state index in [9.17, 15) is 0 Å². The monoisotopic (exact) mass is 296 g/mol. The highest BCUT2D eigenvalue weighted by Gasteiger charge is 2.04. The Morgan fingerprint density at radius 1 is 1.27 bits per heavy atom. The Balaban J connectivity index is 1.66. The Morgan fingerprint density at radius 3 is 2.95 bits per heavy atom. The fourth-order valence-corrected chi connectivity index (χ4v) is 2.49. The molecule has 1 N–H and O–H groups in total. The third kappa shape index (κ3) is 3.19. The van der Waals surface area contributed by atoms with Crippen LogP contribution in [0, 0.1) is 6.92 Å². The average molecular weight is 296 g/mol. The number of aryl methyl sites for hydroxylation is 2. The molecule has 0 saturated carbocycles. The summed E-state index contributed by atoms with van der Waals surface area (Å²) >= 11 is 0. The van der Waals surface area contributed by atoms with Crippen LogP contribution in [0.2, 0.25) is 0 Å². The smallest absolute Gasteiger partial charge is 0.126 e. The molecule has 0 atom stereocenters. The minimum atomic E-state index is 0.860. The summed E-state index contributed by atoms with van der Waals surface area (Å²) in [5.41, 5.74) is 2.18. The summed E-state index contributed by atoms with van der Waals surface area (Å²) < 4.78 is 7.35. The molecule has 3 rings (SSSR count). The molecule has 114 valence electrons.